The standard InChI is InChI=1S/2C25H20.C23H18N2.C23H18/c1-19-15-24(21-11-6-3-7-12-21)18-25(16-19)23-14-8-13-22(17-23)20-9-4-2-5-10-20;1-19-16-24(21-10-6-3-7-11-21)18-25(17-19)23-14-12-22(13-15-23)20-8-4-2-5-9-20;1-17-24-22(19-11-6-3-7-12-19)16-23(25-17)21-14-8-13-20(15-21)18-9-4-2-5-10-18;1-17-13-22(18-7-3-2-4-8-18)16-23(14-17)21-12-11-19-9-5-6-10-20(19)15-21/h2*2-18H,1H3;2-16H,1H3;2-16H,1H3. The molecule has 0 atom stereocenters. The van der Waals surface area contributed by atoms with Crippen LogP contribution in [0.15, 0.2) is 388 Å². The molecule has 0 aliphatic carbocycles. The molecule has 0 N–H and O–H groups in total. The molecule has 1 aromatic heterocycles. The highest BCUT2D eigenvalue weighted by atomic mass is 14.9. The zero-order valence-corrected chi connectivity index (χ0v) is 55.8. The van der Waals surface area contributed by atoms with E-state index in [-0.39, 0.29) is 0 Å². The monoisotopic (exact) mass is 1260 g/mol. The van der Waals surface area contributed by atoms with Gasteiger partial charge in [-0.15, -0.1) is 0 Å². The Morgan fingerprint density at radius 1 is 0.143 bits per heavy atom. The summed E-state index contributed by atoms with van der Waals surface area (Å²) in [4.78, 5) is 9.25. The van der Waals surface area contributed by atoms with Crippen LogP contribution in [0.25, 0.3) is 133 Å². The van der Waals surface area contributed by atoms with Gasteiger partial charge in [-0.05, 0) is 198 Å². The van der Waals surface area contributed by atoms with Crippen LogP contribution in [0.1, 0.15) is 22.5 Å². The lowest BCUT2D eigenvalue weighted by molar-refractivity contribution is 1.06. The van der Waals surface area contributed by atoms with Gasteiger partial charge in [-0.25, -0.2) is 9.97 Å². The fraction of sp³-hybridized carbons (Fsp3) is 0.0417. The van der Waals surface area contributed by atoms with Gasteiger partial charge < -0.3 is 0 Å². The van der Waals surface area contributed by atoms with Gasteiger partial charge >= 0.3 is 0 Å². The Labute approximate surface area is 578 Å². The number of rotatable bonds is 11. The van der Waals surface area contributed by atoms with Gasteiger partial charge in [0.15, 0.2) is 0 Å². The maximum absolute atomic E-state index is 4.65. The predicted octanol–water partition coefficient (Wildman–Crippen LogP) is 26.3. The second-order valence-electron chi connectivity index (χ2n) is 24.8. The van der Waals surface area contributed by atoms with E-state index < -0.39 is 0 Å². The second kappa shape index (κ2) is 31.3. The lowest BCUT2D eigenvalue weighted by atomic mass is 9.94. The van der Waals surface area contributed by atoms with Crippen LogP contribution < -0.4 is 0 Å². The Balaban J connectivity index is 0.000000118. The van der Waals surface area contributed by atoms with Crippen molar-refractivity contribution >= 4 is 10.8 Å². The normalized spacial score (nSPS) is 10.7. The number of hydrogen-bond donors (Lipinski definition) is 0. The third-order valence-corrected chi connectivity index (χ3v) is 17.4. The van der Waals surface area contributed by atoms with Gasteiger partial charge in [0.1, 0.15) is 5.82 Å². The van der Waals surface area contributed by atoms with Crippen molar-refractivity contribution in [3.8, 4) is 123 Å². The molecule has 16 aromatic rings. The molecule has 2 nitrogen and oxygen atoms in total. The first-order valence-electron chi connectivity index (χ1n) is 33.6. The van der Waals surface area contributed by atoms with Gasteiger partial charge in [0.05, 0.1) is 11.4 Å². The molecular formula is C96H76N2. The van der Waals surface area contributed by atoms with E-state index in [1.54, 1.807) is 0 Å². The summed E-state index contributed by atoms with van der Waals surface area (Å²) in [5, 5.41) is 2.57. The predicted molar refractivity (Wildman–Crippen MR) is 418 cm³/mol. The molecule has 470 valence electrons. The van der Waals surface area contributed by atoms with Crippen molar-refractivity contribution < 1.29 is 0 Å². The number of benzene rings is 15. The molecule has 0 spiro atoms. The van der Waals surface area contributed by atoms with E-state index in [9.17, 15) is 0 Å². The molecule has 2 heteroatoms. The van der Waals surface area contributed by atoms with Gasteiger partial charge in [0.2, 0.25) is 0 Å². The largest absolute Gasteiger partial charge is 0.233 e. The van der Waals surface area contributed by atoms with Crippen molar-refractivity contribution in [2.24, 2.45) is 0 Å². The highest BCUT2D eigenvalue weighted by molar-refractivity contribution is 5.88. The summed E-state index contributed by atoms with van der Waals surface area (Å²) in [6.45, 7) is 8.43. The molecule has 0 saturated carbocycles. The third-order valence-electron chi connectivity index (χ3n) is 17.4. The fourth-order valence-corrected chi connectivity index (χ4v) is 12.6. The molecule has 0 aliphatic rings. The highest BCUT2D eigenvalue weighted by Crippen LogP contribution is 2.35. The summed E-state index contributed by atoms with van der Waals surface area (Å²) in [5.74, 6) is 0.779. The van der Waals surface area contributed by atoms with Crippen LogP contribution in [0.3, 0.4) is 0 Å². The summed E-state index contributed by atoms with van der Waals surface area (Å²) in [6, 6.07) is 137. The molecule has 0 radical (unpaired) electrons. The van der Waals surface area contributed by atoms with Crippen LogP contribution in [0.2, 0.25) is 0 Å². The Hall–Kier alpha value is -12.4. The maximum atomic E-state index is 4.65. The average Bonchev–Trinajstić information content (AvgIpc) is 0.999. The maximum Gasteiger partial charge on any atom is 0.126 e. The Bertz CT molecular complexity index is 5080. The second-order valence-corrected chi connectivity index (χ2v) is 24.8. The zero-order valence-electron chi connectivity index (χ0n) is 55.8. The van der Waals surface area contributed by atoms with E-state index in [2.05, 4.69) is 395 Å². The molecule has 15 aromatic carbocycles. The smallest absolute Gasteiger partial charge is 0.126 e. The Kier molecular flexibility index (Phi) is 20.5. The van der Waals surface area contributed by atoms with Gasteiger partial charge in [0.25, 0.3) is 0 Å². The lowest BCUT2D eigenvalue weighted by Crippen LogP contribution is -1.94. The molecule has 0 unspecified atom stereocenters. The number of nitrogens with zero attached hydrogens (tertiary/aromatic N) is 2. The summed E-state index contributed by atoms with van der Waals surface area (Å²) in [6.07, 6.45) is 0. The minimum absolute atomic E-state index is 0.779. The van der Waals surface area contributed by atoms with Crippen LogP contribution in [0.5, 0.6) is 0 Å². The first kappa shape index (κ1) is 64.4. The van der Waals surface area contributed by atoms with E-state index in [0.717, 1.165) is 28.3 Å². The first-order chi connectivity index (χ1) is 48.2. The average molecular weight is 1260 g/mol. The first-order valence-corrected chi connectivity index (χ1v) is 33.6. The number of fused-ring (bicyclic) bond motifs is 1. The fourth-order valence-electron chi connectivity index (χ4n) is 12.6. The molecule has 0 bridgehead atoms. The van der Waals surface area contributed by atoms with Crippen molar-refractivity contribution in [2.45, 2.75) is 27.7 Å². The summed E-state index contributed by atoms with van der Waals surface area (Å²) in [7, 11) is 0. The van der Waals surface area contributed by atoms with Crippen molar-refractivity contribution in [2.75, 3.05) is 0 Å². The van der Waals surface area contributed by atoms with Crippen molar-refractivity contribution in [1.29, 1.82) is 0 Å². The van der Waals surface area contributed by atoms with E-state index in [1.165, 1.54) is 128 Å². The van der Waals surface area contributed by atoms with Crippen LogP contribution in [-0.2, 0) is 0 Å². The van der Waals surface area contributed by atoms with Crippen molar-refractivity contribution in [3.63, 3.8) is 0 Å². The topological polar surface area (TPSA) is 25.8 Å². The molecular weight excluding hydrogens is 1180 g/mol. The van der Waals surface area contributed by atoms with Crippen molar-refractivity contribution in [1.82, 2.24) is 9.97 Å². The number of hydrogen-bond acceptors (Lipinski definition) is 2. The van der Waals surface area contributed by atoms with E-state index in [0.29, 0.717) is 0 Å². The van der Waals surface area contributed by atoms with E-state index in [4.69, 9.17) is 0 Å². The summed E-state index contributed by atoms with van der Waals surface area (Å²) in [5.41, 5.74) is 30.5. The zero-order chi connectivity index (χ0) is 66.8. The molecule has 16 rings (SSSR count). The van der Waals surface area contributed by atoms with Gasteiger partial charge in [-0.3, -0.25) is 0 Å². The van der Waals surface area contributed by atoms with Gasteiger partial charge in [0, 0.05) is 11.1 Å². The Morgan fingerprint density at radius 3 is 0.755 bits per heavy atom. The third kappa shape index (κ3) is 16.6. The van der Waals surface area contributed by atoms with Crippen LogP contribution in [0.4, 0.5) is 0 Å². The molecule has 98 heavy (non-hydrogen) atoms. The van der Waals surface area contributed by atoms with Gasteiger partial charge in [-0.1, -0.05) is 346 Å². The number of aryl methyl sites for hydroxylation is 4. The quantitative estimate of drug-likeness (QED) is 0.129. The van der Waals surface area contributed by atoms with Crippen LogP contribution in [0, 0.1) is 27.7 Å². The molecule has 0 fully saturated rings. The minimum Gasteiger partial charge on any atom is -0.233 e. The van der Waals surface area contributed by atoms with Crippen LogP contribution >= 0.6 is 0 Å². The SMILES string of the molecule is Cc1cc(-c2ccccc2)cc(-c2ccc(-c3ccccc3)cc2)c1.Cc1cc(-c2ccccc2)cc(-c2ccc3ccccc3c2)c1.Cc1cc(-c2ccccc2)cc(-c2cccc(-c3ccccc3)c2)c1.Cc1nc(-c2ccccc2)cc(-c2cccc(-c3ccccc3)c2)n1. The minimum atomic E-state index is 0.779. The van der Waals surface area contributed by atoms with E-state index >= 15 is 0 Å². The Morgan fingerprint density at radius 2 is 0.367 bits per heavy atom. The molecule has 0 amide bonds. The van der Waals surface area contributed by atoms with Crippen molar-refractivity contribution in [3.05, 3.63) is 411 Å². The van der Waals surface area contributed by atoms with E-state index in [1.807, 2.05) is 31.2 Å². The van der Waals surface area contributed by atoms with Gasteiger partial charge in [-0.2, -0.15) is 0 Å². The summed E-state index contributed by atoms with van der Waals surface area (Å²) >= 11 is 0. The molecule has 0 saturated heterocycles. The molecule has 1 heterocycles. The highest BCUT2D eigenvalue weighted by Gasteiger charge is 2.11. The number of aromatic nitrogens is 2. The summed E-state index contributed by atoms with van der Waals surface area (Å²) < 4.78 is 0. The lowest BCUT2D eigenvalue weighted by Gasteiger charge is -2.10. The molecule has 0 aliphatic heterocycles. The van der Waals surface area contributed by atoms with Crippen LogP contribution in [-0.4, -0.2) is 9.97 Å².